The number of fused-ring (bicyclic) bond motifs is 2. The van der Waals surface area contributed by atoms with Crippen LogP contribution in [0.15, 0.2) is 50.9 Å². The lowest BCUT2D eigenvalue weighted by molar-refractivity contribution is -0.116. The minimum Gasteiger partial charge on any atom is -0.451 e. The van der Waals surface area contributed by atoms with Crippen molar-refractivity contribution < 1.29 is 9.21 Å². The number of carbonyl (C=O) groups is 1. The van der Waals surface area contributed by atoms with Gasteiger partial charge < -0.3 is 4.42 Å². The van der Waals surface area contributed by atoms with Crippen LogP contribution >= 0.6 is 34.4 Å². The van der Waals surface area contributed by atoms with Crippen molar-refractivity contribution in [1.82, 2.24) is 10.3 Å². The summed E-state index contributed by atoms with van der Waals surface area (Å²) in [5.41, 5.74) is 0.503. The Morgan fingerprint density at radius 3 is 2.92 bits per heavy atom. The Morgan fingerprint density at radius 1 is 1.32 bits per heavy atom. The highest BCUT2D eigenvalue weighted by atomic mass is 127. The van der Waals surface area contributed by atoms with Gasteiger partial charge >= 0.3 is 0 Å². The molecular weight excluding hydrogens is 451 g/mol. The van der Waals surface area contributed by atoms with E-state index in [1.54, 1.807) is 5.01 Å². The van der Waals surface area contributed by atoms with E-state index in [2.05, 4.69) is 39.9 Å². The predicted octanol–water partition coefficient (Wildman–Crippen LogP) is 2.17. The largest absolute Gasteiger partial charge is 0.451 e. The number of amidine groups is 1. The Bertz CT molecular complexity index is 985. The monoisotopic (exact) mass is 466 g/mol. The first kappa shape index (κ1) is 16.6. The van der Waals surface area contributed by atoms with Gasteiger partial charge in [-0.05, 0) is 47.2 Å². The molecule has 1 N–H and O–H groups in total. The standard InChI is InChI=1S/C17H15IN4O2S/c1-2-9-25-17-20-16(23)14-10-5-3-4-6-11(10)19-15(22(14)21-17)12-7-8-13(18)24-12/h3-8,15H,2,9H2,1H3,(H,20,21,23). The van der Waals surface area contributed by atoms with Crippen molar-refractivity contribution in [2.24, 2.45) is 10.1 Å². The summed E-state index contributed by atoms with van der Waals surface area (Å²) in [6.07, 6.45) is 0.514. The van der Waals surface area contributed by atoms with Crippen LogP contribution < -0.4 is 15.9 Å². The summed E-state index contributed by atoms with van der Waals surface area (Å²) in [5.74, 6) is 1.39. The fourth-order valence-electron chi connectivity index (χ4n) is 2.74. The zero-order chi connectivity index (χ0) is 17.4. The van der Waals surface area contributed by atoms with Crippen LogP contribution in [0, 0.1) is 3.77 Å². The molecule has 0 spiro atoms. The number of hydrogen-bond acceptors (Lipinski definition) is 6. The summed E-state index contributed by atoms with van der Waals surface area (Å²) in [4.78, 5) is 17.6. The fraction of sp³-hybridized carbons (Fsp3) is 0.235. The summed E-state index contributed by atoms with van der Waals surface area (Å²) in [7, 11) is 0. The van der Waals surface area contributed by atoms with E-state index in [0.29, 0.717) is 16.6 Å². The molecule has 1 unspecified atom stereocenters. The summed E-state index contributed by atoms with van der Waals surface area (Å²) in [5, 5.41) is 11.3. The van der Waals surface area contributed by atoms with Gasteiger partial charge in [0.1, 0.15) is 5.70 Å². The number of halogens is 1. The van der Waals surface area contributed by atoms with Crippen LogP contribution in [0.3, 0.4) is 0 Å². The van der Waals surface area contributed by atoms with Gasteiger partial charge in [-0.3, -0.25) is 10.1 Å². The van der Waals surface area contributed by atoms with Crippen molar-refractivity contribution in [3.63, 3.8) is 0 Å². The van der Waals surface area contributed by atoms with Crippen LogP contribution in [0.5, 0.6) is 0 Å². The van der Waals surface area contributed by atoms with Crippen molar-refractivity contribution in [3.05, 3.63) is 56.5 Å². The highest BCUT2D eigenvalue weighted by Gasteiger charge is 2.35. The molecule has 0 fully saturated rings. The van der Waals surface area contributed by atoms with Crippen molar-refractivity contribution in [2.45, 2.75) is 19.5 Å². The number of rotatable bonds is 3. The number of carbonyl (C=O) groups excluding carboxylic acids is 1. The van der Waals surface area contributed by atoms with Gasteiger partial charge in [0.2, 0.25) is 6.17 Å². The van der Waals surface area contributed by atoms with E-state index in [1.165, 1.54) is 11.8 Å². The van der Waals surface area contributed by atoms with E-state index in [0.717, 1.165) is 26.5 Å². The fourth-order valence-corrected chi connectivity index (χ4v) is 3.89. The quantitative estimate of drug-likeness (QED) is 0.705. The molecule has 2 aromatic rings. The summed E-state index contributed by atoms with van der Waals surface area (Å²) < 4.78 is 6.54. The Morgan fingerprint density at radius 2 is 2.16 bits per heavy atom. The van der Waals surface area contributed by atoms with E-state index in [-0.39, 0.29) is 5.91 Å². The van der Waals surface area contributed by atoms with Crippen molar-refractivity contribution in [2.75, 3.05) is 5.75 Å². The highest BCUT2D eigenvalue weighted by Crippen LogP contribution is 2.31. The van der Waals surface area contributed by atoms with Crippen LogP contribution in [0.1, 0.15) is 25.3 Å². The van der Waals surface area contributed by atoms with Gasteiger partial charge in [-0.2, -0.15) is 0 Å². The number of amides is 1. The maximum absolute atomic E-state index is 12.8. The summed E-state index contributed by atoms with van der Waals surface area (Å²) in [6, 6.07) is 11.4. The number of nitrogens with one attached hydrogen (secondary N) is 1. The summed E-state index contributed by atoms with van der Waals surface area (Å²) in [6.45, 7) is 2.09. The molecular formula is C17H15IN4O2S. The van der Waals surface area contributed by atoms with Gasteiger partial charge in [0, 0.05) is 11.0 Å². The van der Waals surface area contributed by atoms with Crippen LogP contribution in [0.4, 0.5) is 0 Å². The third kappa shape index (κ3) is 3.08. The predicted molar refractivity (Wildman–Crippen MR) is 105 cm³/mol. The smallest absolute Gasteiger partial charge is 0.276 e. The highest BCUT2D eigenvalue weighted by molar-refractivity contribution is 14.1. The van der Waals surface area contributed by atoms with E-state index in [1.807, 2.05) is 36.4 Å². The number of nitrogens with zero attached hydrogens (tertiary/aromatic N) is 3. The number of thioether (sulfide) groups is 1. The minimum absolute atomic E-state index is 0.165. The molecule has 3 heterocycles. The zero-order valence-electron chi connectivity index (χ0n) is 13.4. The third-order valence-corrected chi connectivity index (χ3v) is 5.46. The van der Waals surface area contributed by atoms with Gasteiger partial charge in [0.25, 0.3) is 5.91 Å². The molecule has 128 valence electrons. The first-order chi connectivity index (χ1) is 12.2. The lowest BCUT2D eigenvalue weighted by Crippen LogP contribution is -2.50. The van der Waals surface area contributed by atoms with Crippen LogP contribution in [-0.2, 0) is 4.79 Å². The molecule has 1 atom stereocenters. The second kappa shape index (κ2) is 6.83. The van der Waals surface area contributed by atoms with Gasteiger partial charge in [0.15, 0.2) is 14.7 Å². The molecule has 0 radical (unpaired) electrons. The molecule has 25 heavy (non-hydrogen) atoms. The molecule has 0 saturated heterocycles. The Labute approximate surface area is 162 Å². The summed E-state index contributed by atoms with van der Waals surface area (Å²) >= 11 is 3.65. The second-order valence-electron chi connectivity index (χ2n) is 5.56. The second-order valence-corrected chi connectivity index (χ2v) is 7.71. The van der Waals surface area contributed by atoms with Gasteiger partial charge in [-0.1, -0.05) is 36.9 Å². The van der Waals surface area contributed by atoms with Gasteiger partial charge in [-0.25, -0.2) is 10.0 Å². The molecule has 0 bridgehead atoms. The van der Waals surface area contributed by atoms with Crippen molar-refractivity contribution >= 4 is 51.1 Å². The maximum atomic E-state index is 12.8. The van der Waals surface area contributed by atoms with Crippen LogP contribution in [0.2, 0.25) is 0 Å². The minimum atomic E-state index is -0.489. The molecule has 2 aliphatic heterocycles. The zero-order valence-corrected chi connectivity index (χ0v) is 16.4. The van der Waals surface area contributed by atoms with E-state index in [9.17, 15) is 4.79 Å². The Hall–Kier alpha value is -1.81. The Kier molecular flexibility index (Phi) is 4.55. The molecule has 0 aliphatic carbocycles. The van der Waals surface area contributed by atoms with Crippen molar-refractivity contribution in [1.29, 1.82) is 0 Å². The number of hydrogen-bond donors (Lipinski definition) is 1. The normalized spacial score (nSPS) is 18.9. The average molecular weight is 466 g/mol. The van der Waals surface area contributed by atoms with E-state index < -0.39 is 6.17 Å². The molecule has 0 saturated carbocycles. The SMILES string of the molecule is CCCSC1=NN2C(=c3ccccc3=NC2c2ccc(I)o2)C(=O)N1. The lowest BCUT2D eigenvalue weighted by Gasteiger charge is -2.32. The molecule has 1 amide bonds. The molecule has 2 aliphatic rings. The van der Waals surface area contributed by atoms with E-state index >= 15 is 0 Å². The molecule has 6 nitrogen and oxygen atoms in total. The van der Waals surface area contributed by atoms with Crippen LogP contribution in [-0.4, -0.2) is 21.8 Å². The van der Waals surface area contributed by atoms with Crippen molar-refractivity contribution in [3.8, 4) is 0 Å². The van der Waals surface area contributed by atoms with Crippen LogP contribution in [0.25, 0.3) is 5.70 Å². The first-order valence-corrected chi connectivity index (χ1v) is 9.98. The van der Waals surface area contributed by atoms with E-state index in [4.69, 9.17) is 9.41 Å². The molecule has 4 rings (SSSR count). The number of benzene rings is 1. The number of para-hydroxylation sites is 1. The average Bonchev–Trinajstić information content (AvgIpc) is 3.05. The maximum Gasteiger partial charge on any atom is 0.276 e. The lowest BCUT2D eigenvalue weighted by atomic mass is 10.1. The molecule has 8 heteroatoms. The number of hydrazone groups is 1. The topological polar surface area (TPSA) is 70.2 Å². The number of furan rings is 1. The van der Waals surface area contributed by atoms with Gasteiger partial charge in [-0.15, -0.1) is 5.10 Å². The Balaban J connectivity index is 1.89. The first-order valence-electron chi connectivity index (χ1n) is 7.92. The molecule has 1 aromatic heterocycles. The van der Waals surface area contributed by atoms with Gasteiger partial charge in [0.05, 0.1) is 5.36 Å². The third-order valence-electron chi connectivity index (χ3n) is 3.81. The molecule has 1 aromatic carbocycles.